The lowest BCUT2D eigenvalue weighted by Gasteiger charge is -2.09. The van der Waals surface area contributed by atoms with Crippen LogP contribution in [0.2, 0.25) is 0 Å². The number of aromatic nitrogens is 3. The van der Waals surface area contributed by atoms with E-state index in [-0.39, 0.29) is 0 Å². The van der Waals surface area contributed by atoms with Gasteiger partial charge in [0.15, 0.2) is 12.0 Å². The van der Waals surface area contributed by atoms with E-state index in [4.69, 9.17) is 0 Å². The summed E-state index contributed by atoms with van der Waals surface area (Å²) in [5.74, 6) is 0.454. The van der Waals surface area contributed by atoms with Gasteiger partial charge in [-0.15, -0.1) is 5.10 Å². The van der Waals surface area contributed by atoms with Crippen molar-refractivity contribution < 1.29 is 4.79 Å². The monoisotopic (exact) mass is 243 g/mol. The average molecular weight is 243 g/mol. The molecule has 0 fully saturated rings. The second-order valence-electron chi connectivity index (χ2n) is 4.88. The van der Waals surface area contributed by atoms with Crippen LogP contribution in [0.1, 0.15) is 29.9 Å². The number of carbonyl (C=O) groups is 1. The smallest absolute Gasteiger partial charge is 0.172 e. The molecule has 0 aliphatic heterocycles. The number of aldehydes is 1. The molecule has 0 spiro atoms. The molecule has 94 valence electrons. The third-order valence-corrected chi connectivity index (χ3v) is 2.74. The lowest BCUT2D eigenvalue weighted by atomic mass is 10.1. The van der Waals surface area contributed by atoms with Crippen LogP contribution in [0.4, 0.5) is 0 Å². The van der Waals surface area contributed by atoms with Crippen LogP contribution in [0, 0.1) is 12.8 Å². The lowest BCUT2D eigenvalue weighted by Crippen LogP contribution is -2.08. The Morgan fingerprint density at radius 2 is 1.94 bits per heavy atom. The van der Waals surface area contributed by atoms with Gasteiger partial charge in [0.05, 0.1) is 5.69 Å². The van der Waals surface area contributed by atoms with Crippen molar-refractivity contribution in [3.63, 3.8) is 0 Å². The third-order valence-electron chi connectivity index (χ3n) is 2.74. The first-order chi connectivity index (χ1) is 8.61. The summed E-state index contributed by atoms with van der Waals surface area (Å²) in [6, 6.07) is 8.04. The minimum absolute atomic E-state index is 0.402. The SMILES string of the molecule is Cc1ccc(-c2c(C=O)nnn2CC(C)C)cc1. The van der Waals surface area contributed by atoms with E-state index < -0.39 is 0 Å². The summed E-state index contributed by atoms with van der Waals surface area (Å²) >= 11 is 0. The maximum absolute atomic E-state index is 11.1. The second-order valence-corrected chi connectivity index (χ2v) is 4.88. The highest BCUT2D eigenvalue weighted by molar-refractivity contribution is 5.83. The van der Waals surface area contributed by atoms with Gasteiger partial charge in [-0.1, -0.05) is 48.9 Å². The van der Waals surface area contributed by atoms with Crippen molar-refractivity contribution in [1.29, 1.82) is 0 Å². The number of carbonyl (C=O) groups excluding carboxylic acids is 1. The highest BCUT2D eigenvalue weighted by Crippen LogP contribution is 2.22. The van der Waals surface area contributed by atoms with Gasteiger partial charge < -0.3 is 0 Å². The van der Waals surface area contributed by atoms with Crippen molar-refractivity contribution in [2.24, 2.45) is 5.92 Å². The van der Waals surface area contributed by atoms with Crippen LogP contribution >= 0.6 is 0 Å². The van der Waals surface area contributed by atoms with Crippen molar-refractivity contribution in [1.82, 2.24) is 15.0 Å². The van der Waals surface area contributed by atoms with Gasteiger partial charge in [0.1, 0.15) is 0 Å². The Labute approximate surface area is 107 Å². The predicted octanol–water partition coefficient (Wildman–Crippen LogP) is 2.72. The van der Waals surface area contributed by atoms with E-state index in [1.165, 1.54) is 5.56 Å². The largest absolute Gasteiger partial charge is 0.296 e. The zero-order chi connectivity index (χ0) is 13.1. The fraction of sp³-hybridized carbons (Fsp3) is 0.357. The molecular weight excluding hydrogens is 226 g/mol. The normalized spacial score (nSPS) is 10.9. The average Bonchev–Trinajstić information content (AvgIpc) is 2.72. The molecule has 18 heavy (non-hydrogen) atoms. The van der Waals surface area contributed by atoms with Crippen LogP contribution in [0.15, 0.2) is 24.3 Å². The molecule has 0 radical (unpaired) electrons. The molecule has 2 aromatic rings. The highest BCUT2D eigenvalue weighted by atomic mass is 16.1. The Hall–Kier alpha value is -1.97. The van der Waals surface area contributed by atoms with E-state index >= 15 is 0 Å². The molecule has 0 N–H and O–H groups in total. The fourth-order valence-corrected chi connectivity index (χ4v) is 1.89. The summed E-state index contributed by atoms with van der Waals surface area (Å²) in [4.78, 5) is 11.1. The lowest BCUT2D eigenvalue weighted by molar-refractivity contribution is 0.111. The van der Waals surface area contributed by atoms with Crippen LogP contribution < -0.4 is 0 Å². The van der Waals surface area contributed by atoms with Crippen molar-refractivity contribution in [3.05, 3.63) is 35.5 Å². The van der Waals surface area contributed by atoms with E-state index in [0.717, 1.165) is 24.1 Å². The van der Waals surface area contributed by atoms with Crippen LogP contribution in [0.25, 0.3) is 11.3 Å². The number of hydrogen-bond acceptors (Lipinski definition) is 3. The maximum Gasteiger partial charge on any atom is 0.172 e. The van der Waals surface area contributed by atoms with E-state index in [1.54, 1.807) is 4.68 Å². The van der Waals surface area contributed by atoms with Crippen molar-refractivity contribution in [3.8, 4) is 11.3 Å². The van der Waals surface area contributed by atoms with Crippen LogP contribution in [0.5, 0.6) is 0 Å². The second kappa shape index (κ2) is 5.12. The summed E-state index contributed by atoms with van der Waals surface area (Å²) in [5, 5.41) is 7.99. The zero-order valence-electron chi connectivity index (χ0n) is 10.9. The number of aryl methyl sites for hydroxylation is 1. The molecule has 0 unspecified atom stereocenters. The fourth-order valence-electron chi connectivity index (χ4n) is 1.89. The first-order valence-electron chi connectivity index (χ1n) is 6.07. The van der Waals surface area contributed by atoms with Gasteiger partial charge in [-0.05, 0) is 12.8 Å². The summed E-state index contributed by atoms with van der Waals surface area (Å²) < 4.78 is 1.80. The Morgan fingerprint density at radius 3 is 2.50 bits per heavy atom. The quantitative estimate of drug-likeness (QED) is 0.776. The number of rotatable bonds is 4. The van der Waals surface area contributed by atoms with Gasteiger partial charge in [0.25, 0.3) is 0 Å². The molecule has 0 saturated heterocycles. The van der Waals surface area contributed by atoms with Gasteiger partial charge in [0, 0.05) is 12.1 Å². The first-order valence-corrected chi connectivity index (χ1v) is 6.07. The third kappa shape index (κ3) is 2.47. The van der Waals surface area contributed by atoms with E-state index in [9.17, 15) is 4.79 Å². The first kappa shape index (κ1) is 12.5. The Morgan fingerprint density at radius 1 is 1.28 bits per heavy atom. The minimum atomic E-state index is 0.402. The Balaban J connectivity index is 2.49. The van der Waals surface area contributed by atoms with Gasteiger partial charge in [0.2, 0.25) is 0 Å². The summed E-state index contributed by atoms with van der Waals surface area (Å²) in [6.45, 7) is 7.01. The molecular formula is C14H17N3O. The van der Waals surface area contributed by atoms with Crippen molar-refractivity contribution >= 4 is 6.29 Å². The molecule has 4 heteroatoms. The topological polar surface area (TPSA) is 47.8 Å². The number of nitrogens with zero attached hydrogens (tertiary/aromatic N) is 3. The number of hydrogen-bond donors (Lipinski definition) is 0. The predicted molar refractivity (Wildman–Crippen MR) is 70.4 cm³/mol. The summed E-state index contributed by atoms with van der Waals surface area (Å²) in [6.07, 6.45) is 0.763. The molecule has 0 bridgehead atoms. The van der Waals surface area contributed by atoms with Crippen molar-refractivity contribution in [2.45, 2.75) is 27.3 Å². The molecule has 4 nitrogen and oxygen atoms in total. The molecule has 0 aliphatic carbocycles. The maximum atomic E-state index is 11.1. The molecule has 0 saturated carbocycles. The summed E-state index contributed by atoms with van der Waals surface area (Å²) in [5.41, 5.74) is 3.38. The highest BCUT2D eigenvalue weighted by Gasteiger charge is 2.14. The standard InChI is InChI=1S/C14H17N3O/c1-10(2)8-17-14(13(9-18)15-16-17)12-6-4-11(3)5-7-12/h4-7,9-10H,8H2,1-3H3. The molecule has 1 aromatic heterocycles. The molecule has 0 aliphatic rings. The summed E-state index contributed by atoms with van der Waals surface area (Å²) in [7, 11) is 0. The zero-order valence-corrected chi connectivity index (χ0v) is 10.9. The van der Waals surface area contributed by atoms with Gasteiger partial charge in [-0.2, -0.15) is 0 Å². The van der Waals surface area contributed by atoms with E-state index in [1.807, 2.05) is 31.2 Å². The number of benzene rings is 1. The Kier molecular flexibility index (Phi) is 3.55. The van der Waals surface area contributed by atoms with Crippen LogP contribution in [-0.4, -0.2) is 21.3 Å². The minimum Gasteiger partial charge on any atom is -0.296 e. The molecule has 1 aromatic carbocycles. The Bertz CT molecular complexity index is 541. The van der Waals surface area contributed by atoms with Crippen LogP contribution in [-0.2, 0) is 6.54 Å². The van der Waals surface area contributed by atoms with E-state index in [2.05, 4.69) is 24.2 Å². The van der Waals surface area contributed by atoms with Gasteiger partial charge >= 0.3 is 0 Å². The molecule has 0 amide bonds. The van der Waals surface area contributed by atoms with E-state index in [0.29, 0.717) is 11.6 Å². The van der Waals surface area contributed by atoms with Gasteiger partial charge in [-0.25, -0.2) is 4.68 Å². The molecule has 2 rings (SSSR count). The van der Waals surface area contributed by atoms with Gasteiger partial charge in [-0.3, -0.25) is 4.79 Å². The molecule has 0 atom stereocenters. The van der Waals surface area contributed by atoms with Crippen LogP contribution in [0.3, 0.4) is 0 Å². The molecule has 1 heterocycles. The van der Waals surface area contributed by atoms with Crippen molar-refractivity contribution in [2.75, 3.05) is 0 Å².